The minimum Gasteiger partial charge on any atom is -0.359 e. The van der Waals surface area contributed by atoms with E-state index in [1.54, 1.807) is 6.20 Å². The number of nitrogens with zero attached hydrogens (tertiary/aromatic N) is 1. The Morgan fingerprint density at radius 1 is 1.47 bits per heavy atom. The summed E-state index contributed by atoms with van der Waals surface area (Å²) in [6.45, 7) is 8.37. The predicted molar refractivity (Wildman–Crippen MR) is 69.1 cm³/mol. The first-order valence-electron chi connectivity index (χ1n) is 6.48. The van der Waals surface area contributed by atoms with Gasteiger partial charge in [-0.05, 0) is 37.3 Å². The number of aromatic amines is 1. The van der Waals surface area contributed by atoms with Crippen molar-refractivity contribution >= 4 is 5.78 Å². The standard InChI is InChI=1S/C14H22N2O/c1-10-7-11(2)12(3)16(8-10)9-14(17)13-5-4-6-15-13/h4-6,10-12,15H,7-9H2,1-3H3. The monoisotopic (exact) mass is 234 g/mol. The van der Waals surface area contributed by atoms with Crippen LogP contribution in [-0.2, 0) is 0 Å². The number of rotatable bonds is 3. The van der Waals surface area contributed by atoms with E-state index >= 15 is 0 Å². The first-order chi connectivity index (χ1) is 8.08. The van der Waals surface area contributed by atoms with Crippen molar-refractivity contribution in [1.82, 2.24) is 9.88 Å². The quantitative estimate of drug-likeness (QED) is 0.816. The van der Waals surface area contributed by atoms with Crippen molar-refractivity contribution in [2.75, 3.05) is 13.1 Å². The highest BCUT2D eigenvalue weighted by Gasteiger charge is 2.29. The van der Waals surface area contributed by atoms with Gasteiger partial charge < -0.3 is 4.98 Å². The van der Waals surface area contributed by atoms with Crippen LogP contribution in [0.15, 0.2) is 18.3 Å². The number of ketones is 1. The molecule has 3 heteroatoms. The molecule has 94 valence electrons. The zero-order valence-corrected chi connectivity index (χ0v) is 10.9. The molecule has 0 aliphatic carbocycles. The van der Waals surface area contributed by atoms with E-state index in [1.807, 2.05) is 12.1 Å². The van der Waals surface area contributed by atoms with Crippen LogP contribution in [0.1, 0.15) is 37.7 Å². The third-order valence-corrected chi connectivity index (χ3v) is 3.96. The third kappa shape index (κ3) is 2.78. The van der Waals surface area contributed by atoms with Crippen LogP contribution in [0.5, 0.6) is 0 Å². The molecule has 2 heterocycles. The molecule has 1 aromatic rings. The average Bonchev–Trinajstić information content (AvgIpc) is 2.78. The van der Waals surface area contributed by atoms with Gasteiger partial charge in [0.05, 0.1) is 12.2 Å². The van der Waals surface area contributed by atoms with E-state index in [9.17, 15) is 4.79 Å². The summed E-state index contributed by atoms with van der Waals surface area (Å²) < 4.78 is 0. The predicted octanol–water partition coefficient (Wildman–Crippen LogP) is 2.56. The molecule has 0 saturated carbocycles. The number of hydrogen-bond donors (Lipinski definition) is 1. The lowest BCUT2D eigenvalue weighted by Crippen LogP contribution is -2.47. The lowest BCUT2D eigenvalue weighted by molar-refractivity contribution is 0.0647. The van der Waals surface area contributed by atoms with E-state index in [1.165, 1.54) is 6.42 Å². The summed E-state index contributed by atoms with van der Waals surface area (Å²) in [6, 6.07) is 4.23. The van der Waals surface area contributed by atoms with E-state index in [4.69, 9.17) is 0 Å². The number of nitrogens with one attached hydrogen (secondary N) is 1. The van der Waals surface area contributed by atoms with Crippen LogP contribution in [0, 0.1) is 11.8 Å². The van der Waals surface area contributed by atoms with E-state index in [2.05, 4.69) is 30.7 Å². The molecule has 0 spiro atoms. The Morgan fingerprint density at radius 3 is 2.88 bits per heavy atom. The van der Waals surface area contributed by atoms with Crippen molar-refractivity contribution in [3.8, 4) is 0 Å². The number of carbonyl (C=O) groups excluding carboxylic acids is 1. The van der Waals surface area contributed by atoms with Crippen LogP contribution in [-0.4, -0.2) is 34.8 Å². The molecule has 1 N–H and O–H groups in total. The summed E-state index contributed by atoms with van der Waals surface area (Å²) in [4.78, 5) is 17.4. The second-order valence-electron chi connectivity index (χ2n) is 5.50. The smallest absolute Gasteiger partial charge is 0.192 e. The largest absolute Gasteiger partial charge is 0.359 e. The topological polar surface area (TPSA) is 36.1 Å². The van der Waals surface area contributed by atoms with Crippen LogP contribution < -0.4 is 0 Å². The Balaban J connectivity index is 2.00. The maximum Gasteiger partial charge on any atom is 0.192 e. The van der Waals surface area contributed by atoms with Crippen LogP contribution >= 0.6 is 0 Å². The van der Waals surface area contributed by atoms with Crippen molar-refractivity contribution in [3.63, 3.8) is 0 Å². The lowest BCUT2D eigenvalue weighted by Gasteiger charge is -2.40. The second kappa shape index (κ2) is 5.05. The molecule has 17 heavy (non-hydrogen) atoms. The van der Waals surface area contributed by atoms with Crippen molar-refractivity contribution in [1.29, 1.82) is 0 Å². The van der Waals surface area contributed by atoms with Gasteiger partial charge >= 0.3 is 0 Å². The molecule has 3 nitrogen and oxygen atoms in total. The third-order valence-electron chi connectivity index (χ3n) is 3.96. The Labute approximate surface area is 103 Å². The van der Waals surface area contributed by atoms with Gasteiger partial charge in [-0.15, -0.1) is 0 Å². The molecular formula is C14H22N2O. The number of piperidine rings is 1. The Morgan fingerprint density at radius 2 is 2.24 bits per heavy atom. The molecule has 1 aliphatic heterocycles. The molecule has 0 bridgehead atoms. The van der Waals surface area contributed by atoms with Gasteiger partial charge in [0.1, 0.15) is 0 Å². The van der Waals surface area contributed by atoms with E-state index in [0.29, 0.717) is 24.4 Å². The van der Waals surface area contributed by atoms with Gasteiger partial charge in [-0.3, -0.25) is 9.69 Å². The summed E-state index contributed by atoms with van der Waals surface area (Å²) in [5.41, 5.74) is 0.725. The summed E-state index contributed by atoms with van der Waals surface area (Å²) >= 11 is 0. The van der Waals surface area contributed by atoms with Crippen molar-refractivity contribution in [2.24, 2.45) is 11.8 Å². The molecule has 1 fully saturated rings. The molecule has 0 amide bonds. The Kier molecular flexibility index (Phi) is 3.67. The molecule has 0 aromatic carbocycles. The number of aromatic nitrogens is 1. The number of H-pyrrole nitrogens is 1. The van der Waals surface area contributed by atoms with Gasteiger partial charge in [0, 0.05) is 18.8 Å². The molecule has 1 aliphatic rings. The maximum atomic E-state index is 12.1. The minimum atomic E-state index is 0.197. The Hall–Kier alpha value is -1.09. The van der Waals surface area contributed by atoms with Gasteiger partial charge in [0.15, 0.2) is 5.78 Å². The van der Waals surface area contributed by atoms with E-state index in [-0.39, 0.29) is 5.78 Å². The highest BCUT2D eigenvalue weighted by atomic mass is 16.1. The first kappa shape index (κ1) is 12.4. The lowest BCUT2D eigenvalue weighted by atomic mass is 9.86. The fourth-order valence-electron chi connectivity index (χ4n) is 2.81. The van der Waals surface area contributed by atoms with E-state index < -0.39 is 0 Å². The van der Waals surface area contributed by atoms with Crippen LogP contribution in [0.4, 0.5) is 0 Å². The van der Waals surface area contributed by atoms with E-state index in [0.717, 1.165) is 12.2 Å². The van der Waals surface area contributed by atoms with Gasteiger partial charge in [-0.25, -0.2) is 0 Å². The van der Waals surface area contributed by atoms with Gasteiger partial charge in [0.25, 0.3) is 0 Å². The van der Waals surface area contributed by atoms with Gasteiger partial charge in [-0.1, -0.05) is 13.8 Å². The second-order valence-corrected chi connectivity index (χ2v) is 5.50. The molecule has 1 aromatic heterocycles. The summed E-state index contributed by atoms with van der Waals surface area (Å²) in [5, 5.41) is 0. The Bertz CT molecular complexity index is 372. The number of Topliss-reactive ketones (excluding diaryl/α,β-unsaturated/α-hetero) is 1. The van der Waals surface area contributed by atoms with Crippen molar-refractivity contribution < 1.29 is 4.79 Å². The molecule has 2 rings (SSSR count). The summed E-state index contributed by atoms with van der Waals surface area (Å²) in [6.07, 6.45) is 3.08. The molecule has 1 saturated heterocycles. The SMILES string of the molecule is CC1CC(C)C(C)N(CC(=O)c2ccc[nH]2)C1. The molecule has 3 atom stereocenters. The van der Waals surface area contributed by atoms with Crippen LogP contribution in [0.25, 0.3) is 0 Å². The number of carbonyl (C=O) groups is 1. The van der Waals surface area contributed by atoms with Gasteiger partial charge in [-0.2, -0.15) is 0 Å². The number of hydrogen-bond acceptors (Lipinski definition) is 2. The van der Waals surface area contributed by atoms with Gasteiger partial charge in [0.2, 0.25) is 0 Å². The maximum absolute atomic E-state index is 12.1. The average molecular weight is 234 g/mol. The minimum absolute atomic E-state index is 0.197. The number of likely N-dealkylation sites (tertiary alicyclic amines) is 1. The van der Waals surface area contributed by atoms with Crippen molar-refractivity contribution in [3.05, 3.63) is 24.0 Å². The molecule has 3 unspecified atom stereocenters. The molecular weight excluding hydrogens is 212 g/mol. The normalized spacial score (nSPS) is 30.4. The van der Waals surface area contributed by atoms with Crippen molar-refractivity contribution in [2.45, 2.75) is 33.2 Å². The zero-order valence-electron chi connectivity index (χ0n) is 10.9. The summed E-state index contributed by atoms with van der Waals surface area (Å²) in [5.74, 6) is 1.57. The zero-order chi connectivity index (χ0) is 12.4. The highest BCUT2D eigenvalue weighted by Crippen LogP contribution is 2.26. The highest BCUT2D eigenvalue weighted by molar-refractivity contribution is 5.95. The first-order valence-corrected chi connectivity index (χ1v) is 6.48. The summed E-state index contributed by atoms with van der Waals surface area (Å²) in [7, 11) is 0. The fourth-order valence-corrected chi connectivity index (χ4v) is 2.81. The molecule has 0 radical (unpaired) electrons. The fraction of sp³-hybridized carbons (Fsp3) is 0.643. The van der Waals surface area contributed by atoms with Crippen LogP contribution in [0.3, 0.4) is 0 Å². The van der Waals surface area contributed by atoms with Crippen LogP contribution in [0.2, 0.25) is 0 Å².